The second kappa shape index (κ2) is 7.72. The molecule has 0 saturated carbocycles. The summed E-state index contributed by atoms with van der Waals surface area (Å²) >= 11 is 1.95. The van der Waals surface area contributed by atoms with Crippen LogP contribution in [0.15, 0.2) is 35.1 Å². The van der Waals surface area contributed by atoms with Crippen molar-refractivity contribution in [3.8, 4) is 22.8 Å². The molecule has 0 bridgehead atoms. The van der Waals surface area contributed by atoms with Crippen LogP contribution < -0.4 is 15.0 Å². The van der Waals surface area contributed by atoms with E-state index in [1.165, 1.54) is 4.68 Å². The Morgan fingerprint density at radius 1 is 1.08 bits per heavy atom. The summed E-state index contributed by atoms with van der Waals surface area (Å²) in [4.78, 5) is 14.4. The number of aromatic nitrogens is 2. The highest BCUT2D eigenvalue weighted by Crippen LogP contribution is 2.31. The van der Waals surface area contributed by atoms with Gasteiger partial charge in [0.15, 0.2) is 11.5 Å². The second-order valence-corrected chi connectivity index (χ2v) is 6.72. The molecule has 6 nitrogen and oxygen atoms in total. The molecular weight excluding hydrogens is 326 g/mol. The smallest absolute Gasteiger partial charge is 0.268 e. The number of benzene rings is 1. The summed E-state index contributed by atoms with van der Waals surface area (Å²) in [5.74, 6) is 3.51. The van der Waals surface area contributed by atoms with E-state index in [1.807, 2.05) is 30.0 Å². The molecule has 0 N–H and O–H groups in total. The first kappa shape index (κ1) is 16.9. The fourth-order valence-electron chi connectivity index (χ4n) is 2.63. The largest absolute Gasteiger partial charge is 0.493 e. The molecule has 1 saturated heterocycles. The van der Waals surface area contributed by atoms with Crippen LogP contribution in [-0.4, -0.2) is 53.5 Å². The van der Waals surface area contributed by atoms with Gasteiger partial charge in [0.25, 0.3) is 5.56 Å². The molecule has 0 aliphatic carbocycles. The van der Waals surface area contributed by atoms with Crippen molar-refractivity contribution in [2.24, 2.45) is 0 Å². The van der Waals surface area contributed by atoms with Crippen LogP contribution >= 0.6 is 11.8 Å². The lowest BCUT2D eigenvalue weighted by Gasteiger charge is -2.26. The maximum Gasteiger partial charge on any atom is 0.268 e. The van der Waals surface area contributed by atoms with E-state index in [2.05, 4.69) is 10.00 Å². The Kier molecular flexibility index (Phi) is 5.42. The summed E-state index contributed by atoms with van der Waals surface area (Å²) < 4.78 is 12.1. The summed E-state index contributed by atoms with van der Waals surface area (Å²) in [5.41, 5.74) is 1.54. The summed E-state index contributed by atoms with van der Waals surface area (Å²) in [6, 6.07) is 8.93. The average Bonchev–Trinajstić information content (AvgIpc) is 2.64. The number of rotatable bonds is 5. The lowest BCUT2D eigenvalue weighted by Crippen LogP contribution is -2.38. The van der Waals surface area contributed by atoms with E-state index in [9.17, 15) is 4.79 Å². The lowest BCUT2D eigenvalue weighted by molar-refractivity contribution is 0.223. The van der Waals surface area contributed by atoms with Crippen LogP contribution in [0, 0.1) is 0 Å². The molecule has 7 heteroatoms. The number of nitrogens with zero attached hydrogens (tertiary/aromatic N) is 3. The molecule has 1 aliphatic rings. The third-order valence-electron chi connectivity index (χ3n) is 3.98. The van der Waals surface area contributed by atoms with E-state index in [1.54, 1.807) is 26.4 Å². The second-order valence-electron chi connectivity index (χ2n) is 5.50. The predicted molar refractivity (Wildman–Crippen MR) is 95.9 cm³/mol. The minimum Gasteiger partial charge on any atom is -0.493 e. The van der Waals surface area contributed by atoms with Crippen molar-refractivity contribution >= 4 is 11.8 Å². The Bertz CT molecular complexity index is 757. The highest BCUT2D eigenvalue weighted by atomic mass is 32.2. The summed E-state index contributed by atoms with van der Waals surface area (Å²) in [7, 11) is 3.21. The van der Waals surface area contributed by atoms with Gasteiger partial charge in [-0.05, 0) is 24.3 Å². The highest BCUT2D eigenvalue weighted by molar-refractivity contribution is 7.99. The number of thioether (sulfide) groups is 1. The molecule has 1 fully saturated rings. The molecule has 0 radical (unpaired) electrons. The molecular formula is C17H21N3O3S. The maximum atomic E-state index is 12.1. The van der Waals surface area contributed by atoms with Crippen LogP contribution in [0.3, 0.4) is 0 Å². The Hall–Kier alpha value is -1.99. The van der Waals surface area contributed by atoms with Gasteiger partial charge in [-0.25, -0.2) is 4.68 Å². The van der Waals surface area contributed by atoms with Gasteiger partial charge in [-0.15, -0.1) is 0 Å². The van der Waals surface area contributed by atoms with Gasteiger partial charge >= 0.3 is 0 Å². The lowest BCUT2D eigenvalue weighted by atomic mass is 10.1. The molecule has 3 rings (SSSR count). The zero-order valence-electron chi connectivity index (χ0n) is 13.9. The van der Waals surface area contributed by atoms with Crippen molar-refractivity contribution in [2.45, 2.75) is 6.67 Å². The molecule has 2 aromatic rings. The van der Waals surface area contributed by atoms with Crippen LogP contribution in [0.5, 0.6) is 11.5 Å². The Morgan fingerprint density at radius 3 is 2.54 bits per heavy atom. The zero-order chi connectivity index (χ0) is 16.9. The highest BCUT2D eigenvalue weighted by Gasteiger charge is 2.13. The number of hydrogen-bond donors (Lipinski definition) is 0. The number of methoxy groups -OCH3 is 2. The van der Waals surface area contributed by atoms with Crippen molar-refractivity contribution in [1.29, 1.82) is 0 Å². The Balaban J connectivity index is 1.88. The first-order valence-electron chi connectivity index (χ1n) is 7.82. The molecule has 1 aromatic heterocycles. The van der Waals surface area contributed by atoms with Gasteiger partial charge in [-0.2, -0.15) is 16.9 Å². The van der Waals surface area contributed by atoms with Crippen LogP contribution in [0.4, 0.5) is 0 Å². The molecule has 0 unspecified atom stereocenters. The van der Waals surface area contributed by atoms with Crippen LogP contribution in [0.2, 0.25) is 0 Å². The molecule has 0 spiro atoms. The third-order valence-corrected chi connectivity index (χ3v) is 4.93. The number of hydrogen-bond acceptors (Lipinski definition) is 6. The van der Waals surface area contributed by atoms with E-state index in [0.29, 0.717) is 18.2 Å². The van der Waals surface area contributed by atoms with Crippen LogP contribution in [0.1, 0.15) is 0 Å². The van der Waals surface area contributed by atoms with E-state index < -0.39 is 0 Å². The Morgan fingerprint density at radius 2 is 1.83 bits per heavy atom. The SMILES string of the molecule is COc1ccc(-c2ccc(=O)n(CN3CCSCC3)n2)cc1OC. The molecule has 0 atom stereocenters. The van der Waals surface area contributed by atoms with Crippen LogP contribution in [0.25, 0.3) is 11.3 Å². The fourth-order valence-corrected chi connectivity index (χ4v) is 3.61. The number of ether oxygens (including phenoxy) is 2. The monoisotopic (exact) mass is 347 g/mol. The van der Waals surface area contributed by atoms with Gasteiger partial charge in [-0.1, -0.05) is 0 Å². The van der Waals surface area contributed by atoms with Gasteiger partial charge in [0, 0.05) is 36.2 Å². The average molecular weight is 347 g/mol. The quantitative estimate of drug-likeness (QED) is 0.824. The van der Waals surface area contributed by atoms with Gasteiger partial charge < -0.3 is 9.47 Å². The molecule has 0 amide bonds. The van der Waals surface area contributed by atoms with Crippen molar-refractivity contribution in [3.05, 3.63) is 40.7 Å². The minimum absolute atomic E-state index is 0.0857. The maximum absolute atomic E-state index is 12.1. The zero-order valence-corrected chi connectivity index (χ0v) is 14.7. The van der Waals surface area contributed by atoms with E-state index >= 15 is 0 Å². The molecule has 128 valence electrons. The molecule has 1 aromatic carbocycles. The molecule has 24 heavy (non-hydrogen) atoms. The molecule has 2 heterocycles. The summed E-state index contributed by atoms with van der Waals surface area (Å²) in [5, 5.41) is 4.53. The van der Waals surface area contributed by atoms with Gasteiger partial charge in [-0.3, -0.25) is 9.69 Å². The standard InChI is InChI=1S/C17H21N3O3S/c1-22-15-5-3-13(11-16(15)23-2)14-4-6-17(21)20(18-14)12-19-7-9-24-10-8-19/h3-6,11H,7-10,12H2,1-2H3. The van der Waals surface area contributed by atoms with E-state index in [0.717, 1.165) is 35.9 Å². The normalized spacial score (nSPS) is 15.2. The van der Waals surface area contributed by atoms with Crippen molar-refractivity contribution in [2.75, 3.05) is 38.8 Å². The van der Waals surface area contributed by atoms with Crippen molar-refractivity contribution in [3.63, 3.8) is 0 Å². The summed E-state index contributed by atoms with van der Waals surface area (Å²) in [6.45, 7) is 2.50. The minimum atomic E-state index is -0.0857. The third kappa shape index (κ3) is 3.73. The van der Waals surface area contributed by atoms with Crippen molar-refractivity contribution < 1.29 is 9.47 Å². The fraction of sp³-hybridized carbons (Fsp3) is 0.412. The molecule has 1 aliphatic heterocycles. The predicted octanol–water partition coefficient (Wildman–Crippen LogP) is 1.93. The van der Waals surface area contributed by atoms with Crippen molar-refractivity contribution in [1.82, 2.24) is 14.7 Å². The van der Waals surface area contributed by atoms with Gasteiger partial charge in [0.1, 0.15) is 0 Å². The van der Waals surface area contributed by atoms with Gasteiger partial charge in [0.05, 0.1) is 26.6 Å². The first-order valence-corrected chi connectivity index (χ1v) is 8.97. The van der Waals surface area contributed by atoms with Gasteiger partial charge in [0.2, 0.25) is 0 Å². The Labute approximate surface area is 145 Å². The van der Waals surface area contributed by atoms with E-state index in [-0.39, 0.29) is 5.56 Å². The van der Waals surface area contributed by atoms with E-state index in [4.69, 9.17) is 9.47 Å². The summed E-state index contributed by atoms with van der Waals surface area (Å²) in [6.07, 6.45) is 0. The van der Waals surface area contributed by atoms with Crippen LogP contribution in [-0.2, 0) is 6.67 Å². The first-order chi connectivity index (χ1) is 11.7. The topological polar surface area (TPSA) is 56.6 Å².